The zero-order valence-electron chi connectivity index (χ0n) is 13.7. The molecule has 0 spiro atoms. The van der Waals surface area contributed by atoms with E-state index in [1.807, 2.05) is 29.6 Å². The first-order chi connectivity index (χ1) is 12.2. The van der Waals surface area contributed by atoms with Crippen molar-refractivity contribution in [1.82, 2.24) is 10.3 Å². The minimum absolute atomic E-state index is 0.109. The number of nitrogens with zero attached hydrogens (tertiary/aromatic N) is 1. The van der Waals surface area contributed by atoms with Crippen molar-refractivity contribution < 1.29 is 9.53 Å². The number of methoxy groups -OCH3 is 1. The van der Waals surface area contributed by atoms with E-state index >= 15 is 0 Å². The summed E-state index contributed by atoms with van der Waals surface area (Å²) in [5.41, 5.74) is 2.62. The normalized spacial score (nSPS) is 10.5. The molecule has 0 bridgehead atoms. The van der Waals surface area contributed by atoms with E-state index in [1.165, 1.54) is 0 Å². The molecule has 3 aromatic rings. The van der Waals surface area contributed by atoms with Crippen molar-refractivity contribution in [2.45, 2.75) is 6.42 Å². The summed E-state index contributed by atoms with van der Waals surface area (Å²) in [6, 6.07) is 14.7. The molecular weight excluding hydrogens is 356 g/mol. The molecule has 0 radical (unpaired) electrons. The van der Waals surface area contributed by atoms with Gasteiger partial charge in [-0.15, -0.1) is 11.3 Å². The fraction of sp³-hybridized carbons (Fsp3) is 0.158. The van der Waals surface area contributed by atoms with E-state index in [-0.39, 0.29) is 5.91 Å². The maximum absolute atomic E-state index is 12.0. The van der Waals surface area contributed by atoms with E-state index in [9.17, 15) is 4.79 Å². The number of halogens is 1. The van der Waals surface area contributed by atoms with Crippen molar-refractivity contribution in [3.05, 3.63) is 70.2 Å². The summed E-state index contributed by atoms with van der Waals surface area (Å²) in [5.74, 6) is 0.715. The lowest BCUT2D eigenvalue weighted by Crippen LogP contribution is -2.25. The molecule has 1 amide bonds. The van der Waals surface area contributed by atoms with Gasteiger partial charge in [0.25, 0.3) is 5.91 Å². The molecule has 25 heavy (non-hydrogen) atoms. The molecule has 0 aliphatic carbocycles. The first kappa shape index (κ1) is 17.5. The smallest absolute Gasteiger partial charge is 0.251 e. The molecule has 1 heterocycles. The first-order valence-electron chi connectivity index (χ1n) is 7.78. The maximum Gasteiger partial charge on any atom is 0.251 e. The SMILES string of the molecule is COc1ccc(-c2nc(CCNC(=O)c3ccc(Cl)cc3)cs2)cc1. The van der Waals surface area contributed by atoms with Crippen LogP contribution in [0, 0.1) is 0 Å². The van der Waals surface area contributed by atoms with E-state index in [1.54, 1.807) is 42.7 Å². The Kier molecular flexibility index (Phi) is 5.68. The third-order valence-corrected chi connectivity index (χ3v) is 4.85. The van der Waals surface area contributed by atoms with Gasteiger partial charge in [-0.1, -0.05) is 11.6 Å². The van der Waals surface area contributed by atoms with Crippen molar-refractivity contribution in [2.75, 3.05) is 13.7 Å². The predicted molar refractivity (Wildman–Crippen MR) is 102 cm³/mol. The maximum atomic E-state index is 12.0. The monoisotopic (exact) mass is 372 g/mol. The van der Waals surface area contributed by atoms with Crippen LogP contribution in [0.4, 0.5) is 0 Å². The molecule has 4 nitrogen and oxygen atoms in total. The highest BCUT2D eigenvalue weighted by Crippen LogP contribution is 2.25. The molecule has 0 fully saturated rings. The number of thiazole rings is 1. The fourth-order valence-corrected chi connectivity index (χ4v) is 3.28. The van der Waals surface area contributed by atoms with E-state index in [4.69, 9.17) is 16.3 Å². The van der Waals surface area contributed by atoms with Crippen molar-refractivity contribution in [2.24, 2.45) is 0 Å². The lowest BCUT2D eigenvalue weighted by Gasteiger charge is -2.04. The number of hydrogen-bond acceptors (Lipinski definition) is 4. The lowest BCUT2D eigenvalue weighted by atomic mass is 10.2. The summed E-state index contributed by atoms with van der Waals surface area (Å²) in [6.45, 7) is 0.535. The van der Waals surface area contributed by atoms with Gasteiger partial charge in [0.1, 0.15) is 10.8 Å². The van der Waals surface area contributed by atoms with Crippen LogP contribution in [0.1, 0.15) is 16.1 Å². The third kappa shape index (κ3) is 4.59. The molecule has 1 N–H and O–H groups in total. The molecule has 0 unspecified atom stereocenters. The summed E-state index contributed by atoms with van der Waals surface area (Å²) in [7, 11) is 1.65. The zero-order chi connectivity index (χ0) is 17.6. The Hall–Kier alpha value is -2.37. The Morgan fingerprint density at radius 2 is 1.88 bits per heavy atom. The summed E-state index contributed by atoms with van der Waals surface area (Å²) < 4.78 is 5.16. The molecule has 3 rings (SSSR count). The highest BCUT2D eigenvalue weighted by molar-refractivity contribution is 7.13. The van der Waals surface area contributed by atoms with Gasteiger partial charge in [0.2, 0.25) is 0 Å². The van der Waals surface area contributed by atoms with E-state index in [0.29, 0.717) is 23.6 Å². The Morgan fingerprint density at radius 1 is 1.16 bits per heavy atom. The summed E-state index contributed by atoms with van der Waals surface area (Å²) >= 11 is 7.42. The minimum Gasteiger partial charge on any atom is -0.497 e. The predicted octanol–water partition coefficient (Wildman–Crippen LogP) is 4.44. The van der Waals surface area contributed by atoms with E-state index in [0.717, 1.165) is 22.0 Å². The van der Waals surface area contributed by atoms with Gasteiger partial charge in [0.05, 0.1) is 12.8 Å². The second-order valence-electron chi connectivity index (χ2n) is 5.39. The average Bonchev–Trinajstić information content (AvgIpc) is 3.11. The summed E-state index contributed by atoms with van der Waals surface area (Å²) in [5, 5.41) is 6.49. The topological polar surface area (TPSA) is 51.2 Å². The number of rotatable bonds is 6. The van der Waals surface area contributed by atoms with Crippen LogP contribution in [-0.2, 0) is 6.42 Å². The third-order valence-electron chi connectivity index (χ3n) is 3.66. The van der Waals surface area contributed by atoms with E-state index in [2.05, 4.69) is 10.3 Å². The van der Waals surface area contributed by atoms with Crippen molar-refractivity contribution >= 4 is 28.8 Å². The molecule has 6 heteroatoms. The Morgan fingerprint density at radius 3 is 2.56 bits per heavy atom. The lowest BCUT2D eigenvalue weighted by molar-refractivity contribution is 0.0954. The Balaban J connectivity index is 1.54. The van der Waals surface area contributed by atoms with Crippen LogP contribution in [-0.4, -0.2) is 24.5 Å². The number of benzene rings is 2. The average molecular weight is 373 g/mol. The fourth-order valence-electron chi connectivity index (χ4n) is 2.30. The number of hydrogen-bond donors (Lipinski definition) is 1. The second-order valence-corrected chi connectivity index (χ2v) is 6.68. The van der Waals surface area contributed by atoms with Crippen LogP contribution >= 0.6 is 22.9 Å². The second kappa shape index (κ2) is 8.14. The van der Waals surface area contributed by atoms with Crippen molar-refractivity contribution in [3.63, 3.8) is 0 Å². The van der Waals surface area contributed by atoms with Gasteiger partial charge in [-0.2, -0.15) is 0 Å². The van der Waals surface area contributed by atoms with Crippen LogP contribution < -0.4 is 10.1 Å². The summed E-state index contributed by atoms with van der Waals surface area (Å²) in [6.07, 6.45) is 0.686. The Labute approximate surface area is 155 Å². The van der Waals surface area contributed by atoms with Crippen LogP contribution in [0.2, 0.25) is 5.02 Å². The number of ether oxygens (including phenoxy) is 1. The Bertz CT molecular complexity index is 845. The molecule has 0 saturated carbocycles. The van der Waals surface area contributed by atoms with Gasteiger partial charge in [0.15, 0.2) is 0 Å². The van der Waals surface area contributed by atoms with Crippen LogP contribution in [0.3, 0.4) is 0 Å². The van der Waals surface area contributed by atoms with Gasteiger partial charge in [0, 0.05) is 34.5 Å². The molecule has 0 saturated heterocycles. The molecule has 2 aromatic carbocycles. The highest BCUT2D eigenvalue weighted by atomic mass is 35.5. The minimum atomic E-state index is -0.109. The largest absolute Gasteiger partial charge is 0.497 e. The number of carbonyl (C=O) groups excluding carboxylic acids is 1. The van der Waals surface area contributed by atoms with Gasteiger partial charge < -0.3 is 10.1 Å². The quantitative estimate of drug-likeness (QED) is 0.695. The van der Waals surface area contributed by atoms with E-state index < -0.39 is 0 Å². The molecule has 0 aliphatic rings. The van der Waals surface area contributed by atoms with Crippen molar-refractivity contribution in [3.8, 4) is 16.3 Å². The highest BCUT2D eigenvalue weighted by Gasteiger charge is 2.07. The van der Waals surface area contributed by atoms with Gasteiger partial charge in [-0.25, -0.2) is 4.98 Å². The molecule has 0 atom stereocenters. The number of amides is 1. The zero-order valence-corrected chi connectivity index (χ0v) is 15.2. The van der Waals surface area contributed by atoms with Crippen LogP contribution in [0.5, 0.6) is 5.75 Å². The summed E-state index contributed by atoms with van der Waals surface area (Å²) in [4.78, 5) is 16.7. The number of nitrogens with one attached hydrogen (secondary N) is 1. The molecule has 0 aliphatic heterocycles. The molecule has 1 aromatic heterocycles. The molecular formula is C19H17ClN2O2S. The van der Waals surface area contributed by atoms with Gasteiger partial charge in [-0.05, 0) is 48.5 Å². The van der Waals surface area contributed by atoms with Gasteiger partial charge in [-0.3, -0.25) is 4.79 Å². The standard InChI is InChI=1S/C19H17ClN2O2S/c1-24-17-8-4-14(5-9-17)19-22-16(12-25-19)10-11-21-18(23)13-2-6-15(20)7-3-13/h2-9,12H,10-11H2,1H3,(H,21,23). The van der Waals surface area contributed by atoms with Gasteiger partial charge >= 0.3 is 0 Å². The first-order valence-corrected chi connectivity index (χ1v) is 9.04. The number of carbonyl (C=O) groups is 1. The van der Waals surface area contributed by atoms with Crippen LogP contribution in [0.15, 0.2) is 53.9 Å². The van der Waals surface area contributed by atoms with Crippen LogP contribution in [0.25, 0.3) is 10.6 Å². The molecule has 128 valence electrons. The van der Waals surface area contributed by atoms with Crippen molar-refractivity contribution in [1.29, 1.82) is 0 Å². The number of aromatic nitrogens is 1.